The normalized spacial score (nSPS) is 31.8. The number of nitrogens with one attached hydrogen (secondary N) is 2. The van der Waals surface area contributed by atoms with Crippen LogP contribution in [-0.2, 0) is 0 Å². The summed E-state index contributed by atoms with van der Waals surface area (Å²) >= 11 is 0. The monoisotopic (exact) mass is 200 g/mol. The molecular formula is C11H12N4. The highest BCUT2D eigenvalue weighted by molar-refractivity contribution is 5.53. The Hall–Kier alpha value is -1.60. The van der Waals surface area contributed by atoms with E-state index in [1.807, 2.05) is 0 Å². The van der Waals surface area contributed by atoms with Crippen molar-refractivity contribution in [2.75, 3.05) is 18.4 Å². The zero-order chi connectivity index (χ0) is 10.3. The molecule has 4 heteroatoms. The number of fused-ring (bicyclic) bond motifs is 1. The van der Waals surface area contributed by atoms with Crippen LogP contribution in [0.2, 0.25) is 0 Å². The van der Waals surface area contributed by atoms with Crippen molar-refractivity contribution in [3.8, 4) is 6.07 Å². The van der Waals surface area contributed by atoms with E-state index in [9.17, 15) is 0 Å². The zero-order valence-corrected chi connectivity index (χ0v) is 8.27. The van der Waals surface area contributed by atoms with E-state index < -0.39 is 0 Å². The number of pyridine rings is 1. The second-order valence-corrected chi connectivity index (χ2v) is 4.17. The van der Waals surface area contributed by atoms with Gasteiger partial charge in [-0.3, -0.25) is 0 Å². The molecule has 2 atom stereocenters. The molecule has 0 aromatic carbocycles. The Labute approximate surface area is 88.3 Å². The van der Waals surface area contributed by atoms with Crippen LogP contribution in [0.3, 0.4) is 0 Å². The smallest absolute Gasteiger partial charge is 0.144 e. The summed E-state index contributed by atoms with van der Waals surface area (Å²) in [6.07, 6.45) is 1.72. The Balaban J connectivity index is 1.75. The molecule has 2 unspecified atom stereocenters. The van der Waals surface area contributed by atoms with Gasteiger partial charge in [0.1, 0.15) is 11.9 Å². The highest BCUT2D eigenvalue weighted by atomic mass is 15.1. The molecule has 3 rings (SSSR count). The molecule has 1 saturated heterocycles. The lowest BCUT2D eigenvalue weighted by Crippen LogP contribution is -2.22. The minimum atomic E-state index is 0.522. The highest BCUT2D eigenvalue weighted by Crippen LogP contribution is 2.43. The van der Waals surface area contributed by atoms with Crippen molar-refractivity contribution in [3.05, 3.63) is 23.9 Å². The quantitative estimate of drug-likeness (QED) is 0.733. The summed E-state index contributed by atoms with van der Waals surface area (Å²) in [5, 5.41) is 15.6. The fraction of sp³-hybridized carbons (Fsp3) is 0.455. The van der Waals surface area contributed by atoms with Gasteiger partial charge in [0.15, 0.2) is 0 Å². The van der Waals surface area contributed by atoms with Gasteiger partial charge in [-0.25, -0.2) is 4.98 Å². The molecule has 0 bridgehead atoms. The molecule has 2 aliphatic rings. The first-order chi connectivity index (χ1) is 7.40. The van der Waals surface area contributed by atoms with Gasteiger partial charge < -0.3 is 10.6 Å². The van der Waals surface area contributed by atoms with Crippen LogP contribution in [0.25, 0.3) is 0 Å². The number of nitrogens with zero attached hydrogens (tertiary/aromatic N) is 2. The molecule has 2 fully saturated rings. The minimum absolute atomic E-state index is 0.522. The molecule has 76 valence electrons. The third-order valence-electron chi connectivity index (χ3n) is 3.32. The Morgan fingerprint density at radius 1 is 1.47 bits per heavy atom. The van der Waals surface area contributed by atoms with Crippen molar-refractivity contribution < 1.29 is 0 Å². The molecule has 4 nitrogen and oxygen atoms in total. The molecular weight excluding hydrogens is 188 g/mol. The van der Waals surface area contributed by atoms with Crippen LogP contribution in [0, 0.1) is 23.2 Å². The summed E-state index contributed by atoms with van der Waals surface area (Å²) < 4.78 is 0. The molecule has 0 spiro atoms. The van der Waals surface area contributed by atoms with Crippen molar-refractivity contribution in [1.82, 2.24) is 10.3 Å². The van der Waals surface area contributed by atoms with Gasteiger partial charge in [0, 0.05) is 25.3 Å². The van der Waals surface area contributed by atoms with Crippen molar-refractivity contribution in [2.24, 2.45) is 11.8 Å². The van der Waals surface area contributed by atoms with Crippen LogP contribution in [0.4, 0.5) is 5.82 Å². The molecule has 1 aromatic heterocycles. The van der Waals surface area contributed by atoms with Crippen molar-refractivity contribution >= 4 is 5.82 Å². The van der Waals surface area contributed by atoms with Crippen LogP contribution < -0.4 is 10.6 Å². The lowest BCUT2D eigenvalue weighted by molar-refractivity contribution is 0.695. The number of piperidine rings is 1. The van der Waals surface area contributed by atoms with E-state index in [4.69, 9.17) is 5.26 Å². The van der Waals surface area contributed by atoms with Gasteiger partial charge in [-0.05, 0) is 24.0 Å². The number of hydrogen-bond acceptors (Lipinski definition) is 4. The summed E-state index contributed by atoms with van der Waals surface area (Å²) in [6.45, 7) is 2.19. The summed E-state index contributed by atoms with van der Waals surface area (Å²) in [6, 6.07) is 6.26. The van der Waals surface area contributed by atoms with Crippen LogP contribution >= 0.6 is 0 Å². The Kier molecular flexibility index (Phi) is 1.86. The zero-order valence-electron chi connectivity index (χ0n) is 8.27. The number of nitriles is 1. The SMILES string of the molecule is N#Cc1cccnc1NC1C2CNCC21. The summed E-state index contributed by atoms with van der Waals surface area (Å²) in [5.74, 6) is 2.21. The molecule has 2 N–H and O–H groups in total. The third-order valence-corrected chi connectivity index (χ3v) is 3.32. The van der Waals surface area contributed by atoms with E-state index in [-0.39, 0.29) is 0 Å². The molecule has 2 heterocycles. The topological polar surface area (TPSA) is 60.7 Å². The summed E-state index contributed by atoms with van der Waals surface area (Å²) in [7, 11) is 0. The molecule has 1 aliphatic carbocycles. The maximum absolute atomic E-state index is 8.91. The largest absolute Gasteiger partial charge is 0.366 e. The lowest BCUT2D eigenvalue weighted by Gasteiger charge is -2.08. The first-order valence-corrected chi connectivity index (χ1v) is 5.22. The van der Waals surface area contributed by atoms with Crippen LogP contribution in [0.15, 0.2) is 18.3 Å². The maximum atomic E-state index is 8.91. The Morgan fingerprint density at radius 2 is 2.27 bits per heavy atom. The van der Waals surface area contributed by atoms with Crippen molar-refractivity contribution in [3.63, 3.8) is 0 Å². The Morgan fingerprint density at radius 3 is 3.00 bits per heavy atom. The standard InChI is InChI=1S/C11H12N4/c12-4-7-2-1-3-14-11(7)15-10-8-5-13-6-9(8)10/h1-3,8-10,13H,5-6H2,(H,14,15). The first-order valence-electron chi connectivity index (χ1n) is 5.22. The molecule has 1 aliphatic heterocycles. The van der Waals surface area contributed by atoms with Crippen LogP contribution in [-0.4, -0.2) is 24.1 Å². The maximum Gasteiger partial charge on any atom is 0.144 e. The van der Waals surface area contributed by atoms with E-state index in [0.29, 0.717) is 11.6 Å². The van der Waals surface area contributed by atoms with Gasteiger partial charge in [-0.1, -0.05) is 0 Å². The average molecular weight is 200 g/mol. The molecule has 0 amide bonds. The Bertz CT molecular complexity index is 413. The molecule has 15 heavy (non-hydrogen) atoms. The van der Waals surface area contributed by atoms with E-state index in [2.05, 4.69) is 21.7 Å². The second kappa shape index (κ2) is 3.21. The van der Waals surface area contributed by atoms with Gasteiger partial charge in [0.2, 0.25) is 0 Å². The number of rotatable bonds is 2. The fourth-order valence-electron chi connectivity index (χ4n) is 2.40. The minimum Gasteiger partial charge on any atom is -0.366 e. The van der Waals surface area contributed by atoms with E-state index in [0.717, 1.165) is 30.7 Å². The van der Waals surface area contributed by atoms with E-state index in [1.54, 1.807) is 18.3 Å². The fourth-order valence-corrected chi connectivity index (χ4v) is 2.40. The van der Waals surface area contributed by atoms with Crippen LogP contribution in [0.1, 0.15) is 5.56 Å². The molecule has 1 saturated carbocycles. The number of hydrogen-bond donors (Lipinski definition) is 2. The predicted octanol–water partition coefficient (Wildman–Crippen LogP) is 0.583. The highest BCUT2D eigenvalue weighted by Gasteiger charge is 2.53. The summed E-state index contributed by atoms with van der Waals surface area (Å²) in [5.41, 5.74) is 0.635. The van der Waals surface area contributed by atoms with Gasteiger partial charge in [0.25, 0.3) is 0 Å². The first kappa shape index (κ1) is 8.69. The lowest BCUT2D eigenvalue weighted by atomic mass is 10.3. The van der Waals surface area contributed by atoms with E-state index in [1.165, 1.54) is 0 Å². The van der Waals surface area contributed by atoms with Gasteiger partial charge >= 0.3 is 0 Å². The van der Waals surface area contributed by atoms with Crippen molar-refractivity contribution in [1.29, 1.82) is 5.26 Å². The second-order valence-electron chi connectivity index (χ2n) is 4.17. The summed E-state index contributed by atoms with van der Waals surface area (Å²) in [4.78, 5) is 4.20. The van der Waals surface area contributed by atoms with E-state index >= 15 is 0 Å². The van der Waals surface area contributed by atoms with Crippen LogP contribution in [0.5, 0.6) is 0 Å². The van der Waals surface area contributed by atoms with Gasteiger partial charge in [-0.15, -0.1) is 0 Å². The number of anilines is 1. The third kappa shape index (κ3) is 1.36. The molecule has 1 aromatic rings. The predicted molar refractivity (Wildman–Crippen MR) is 56.2 cm³/mol. The van der Waals surface area contributed by atoms with Gasteiger partial charge in [-0.2, -0.15) is 5.26 Å². The van der Waals surface area contributed by atoms with Crippen molar-refractivity contribution in [2.45, 2.75) is 6.04 Å². The molecule has 0 radical (unpaired) electrons. The average Bonchev–Trinajstić information content (AvgIpc) is 2.75. The van der Waals surface area contributed by atoms with Gasteiger partial charge in [0.05, 0.1) is 5.56 Å². The number of aromatic nitrogens is 1.